The van der Waals surface area contributed by atoms with Crippen molar-refractivity contribution in [1.82, 2.24) is 9.80 Å². The molecule has 1 heterocycles. The molecule has 2 N–H and O–H groups in total. The average Bonchev–Trinajstić information content (AvgIpc) is 2.49. The Morgan fingerprint density at radius 1 is 1.10 bits per heavy atom. The Labute approximate surface area is 130 Å². The third kappa shape index (κ3) is 4.53. The molecule has 0 amide bonds. The summed E-state index contributed by atoms with van der Waals surface area (Å²) in [6.07, 6.45) is 2.35. The SMILES string of the molecule is CCC(CCN)N1CCN(Cc2ccc(C)c(C)c2)CC1. The fraction of sp³-hybridized carbons (Fsp3) is 0.667. The Hall–Kier alpha value is -0.900. The third-order valence-electron chi connectivity index (χ3n) is 4.87. The van der Waals surface area contributed by atoms with E-state index in [1.165, 1.54) is 49.3 Å². The molecule has 0 spiro atoms. The summed E-state index contributed by atoms with van der Waals surface area (Å²) in [5.74, 6) is 0. The highest BCUT2D eigenvalue weighted by Gasteiger charge is 2.22. The molecule has 0 aromatic heterocycles. The van der Waals surface area contributed by atoms with Gasteiger partial charge >= 0.3 is 0 Å². The monoisotopic (exact) mass is 289 g/mol. The first kappa shape index (κ1) is 16.5. The van der Waals surface area contributed by atoms with E-state index < -0.39 is 0 Å². The summed E-state index contributed by atoms with van der Waals surface area (Å²) in [4.78, 5) is 5.21. The first-order valence-electron chi connectivity index (χ1n) is 8.36. The highest BCUT2D eigenvalue weighted by atomic mass is 15.3. The van der Waals surface area contributed by atoms with Crippen molar-refractivity contribution in [2.24, 2.45) is 5.73 Å². The van der Waals surface area contributed by atoms with Gasteiger partial charge in [0.15, 0.2) is 0 Å². The molecule has 1 atom stereocenters. The molecule has 1 saturated heterocycles. The molecule has 0 saturated carbocycles. The zero-order chi connectivity index (χ0) is 15.2. The van der Waals surface area contributed by atoms with Crippen molar-refractivity contribution in [3.05, 3.63) is 34.9 Å². The molecule has 118 valence electrons. The zero-order valence-corrected chi connectivity index (χ0v) is 13.9. The van der Waals surface area contributed by atoms with Crippen molar-refractivity contribution in [1.29, 1.82) is 0 Å². The summed E-state index contributed by atoms with van der Waals surface area (Å²) in [6.45, 7) is 13.3. The Kier molecular flexibility index (Phi) is 6.22. The molecule has 0 bridgehead atoms. The van der Waals surface area contributed by atoms with Gasteiger partial charge in [0.2, 0.25) is 0 Å². The highest BCUT2D eigenvalue weighted by Crippen LogP contribution is 2.16. The normalized spacial score (nSPS) is 18.9. The first-order valence-corrected chi connectivity index (χ1v) is 8.36. The lowest BCUT2D eigenvalue weighted by molar-refractivity contribution is 0.0871. The van der Waals surface area contributed by atoms with Crippen LogP contribution in [0.15, 0.2) is 18.2 Å². The van der Waals surface area contributed by atoms with E-state index in [0.717, 1.165) is 19.5 Å². The molecule has 0 radical (unpaired) electrons. The van der Waals surface area contributed by atoms with E-state index in [-0.39, 0.29) is 0 Å². The smallest absolute Gasteiger partial charge is 0.0234 e. The Morgan fingerprint density at radius 2 is 1.81 bits per heavy atom. The van der Waals surface area contributed by atoms with Crippen molar-refractivity contribution in [2.45, 2.75) is 46.2 Å². The summed E-state index contributed by atoms with van der Waals surface area (Å²) in [5.41, 5.74) is 9.96. The second-order valence-corrected chi connectivity index (χ2v) is 6.37. The van der Waals surface area contributed by atoms with Gasteiger partial charge in [-0.1, -0.05) is 25.1 Å². The van der Waals surface area contributed by atoms with Crippen LogP contribution in [0.1, 0.15) is 36.5 Å². The number of aryl methyl sites for hydroxylation is 2. The van der Waals surface area contributed by atoms with Crippen LogP contribution in [0.3, 0.4) is 0 Å². The van der Waals surface area contributed by atoms with Crippen LogP contribution in [-0.2, 0) is 6.54 Å². The van der Waals surface area contributed by atoms with Crippen molar-refractivity contribution < 1.29 is 0 Å². The number of benzene rings is 1. The lowest BCUT2D eigenvalue weighted by Gasteiger charge is -2.39. The Bertz CT molecular complexity index is 436. The number of piperazine rings is 1. The molecular weight excluding hydrogens is 258 g/mol. The first-order chi connectivity index (χ1) is 10.1. The molecule has 21 heavy (non-hydrogen) atoms. The molecule has 1 unspecified atom stereocenters. The van der Waals surface area contributed by atoms with E-state index in [9.17, 15) is 0 Å². The standard InChI is InChI=1S/C18H31N3/c1-4-18(7-8-19)21-11-9-20(10-12-21)14-17-6-5-15(2)16(3)13-17/h5-6,13,18H,4,7-12,14,19H2,1-3H3. The van der Waals surface area contributed by atoms with Crippen LogP contribution in [-0.4, -0.2) is 48.6 Å². The Morgan fingerprint density at radius 3 is 2.38 bits per heavy atom. The zero-order valence-electron chi connectivity index (χ0n) is 13.9. The van der Waals surface area contributed by atoms with Gasteiger partial charge in [-0.05, 0) is 49.9 Å². The quantitative estimate of drug-likeness (QED) is 0.873. The maximum Gasteiger partial charge on any atom is 0.0234 e. The fourth-order valence-corrected chi connectivity index (χ4v) is 3.28. The van der Waals surface area contributed by atoms with Gasteiger partial charge in [-0.3, -0.25) is 9.80 Å². The maximum atomic E-state index is 5.73. The largest absolute Gasteiger partial charge is 0.330 e. The second kappa shape index (κ2) is 7.92. The summed E-state index contributed by atoms with van der Waals surface area (Å²) >= 11 is 0. The van der Waals surface area contributed by atoms with Crippen LogP contribution in [0.4, 0.5) is 0 Å². The summed E-state index contributed by atoms with van der Waals surface area (Å²) in [5, 5.41) is 0. The lowest BCUT2D eigenvalue weighted by atomic mass is 10.1. The minimum absolute atomic E-state index is 0.679. The van der Waals surface area contributed by atoms with Crippen molar-refractivity contribution >= 4 is 0 Å². The van der Waals surface area contributed by atoms with E-state index in [1.807, 2.05) is 0 Å². The summed E-state index contributed by atoms with van der Waals surface area (Å²) < 4.78 is 0. The highest BCUT2D eigenvalue weighted by molar-refractivity contribution is 5.29. The van der Waals surface area contributed by atoms with Gasteiger partial charge in [0.25, 0.3) is 0 Å². The number of rotatable bonds is 6. The van der Waals surface area contributed by atoms with E-state index in [1.54, 1.807) is 0 Å². The summed E-state index contributed by atoms with van der Waals surface area (Å²) in [7, 11) is 0. The molecule has 1 fully saturated rings. The van der Waals surface area contributed by atoms with Gasteiger partial charge in [0.1, 0.15) is 0 Å². The molecule has 3 nitrogen and oxygen atoms in total. The van der Waals surface area contributed by atoms with E-state index >= 15 is 0 Å². The van der Waals surface area contributed by atoms with Crippen LogP contribution in [0, 0.1) is 13.8 Å². The number of hydrogen-bond donors (Lipinski definition) is 1. The fourth-order valence-electron chi connectivity index (χ4n) is 3.28. The van der Waals surface area contributed by atoms with Crippen LogP contribution >= 0.6 is 0 Å². The number of nitrogens with two attached hydrogens (primary N) is 1. The Balaban J connectivity index is 1.84. The molecule has 0 aliphatic carbocycles. The minimum atomic E-state index is 0.679. The second-order valence-electron chi connectivity index (χ2n) is 6.37. The lowest BCUT2D eigenvalue weighted by Crippen LogP contribution is -2.50. The number of nitrogens with zero attached hydrogens (tertiary/aromatic N) is 2. The van der Waals surface area contributed by atoms with Gasteiger partial charge < -0.3 is 5.73 Å². The predicted molar refractivity (Wildman–Crippen MR) is 90.5 cm³/mol. The van der Waals surface area contributed by atoms with Gasteiger partial charge in [-0.25, -0.2) is 0 Å². The molecule has 1 aliphatic heterocycles. The minimum Gasteiger partial charge on any atom is -0.330 e. The molecular formula is C18H31N3. The van der Waals surface area contributed by atoms with Gasteiger partial charge in [-0.2, -0.15) is 0 Å². The third-order valence-corrected chi connectivity index (χ3v) is 4.87. The summed E-state index contributed by atoms with van der Waals surface area (Å²) in [6, 6.07) is 7.54. The molecule has 3 heteroatoms. The van der Waals surface area contributed by atoms with Crippen LogP contribution < -0.4 is 5.73 Å². The number of hydrogen-bond acceptors (Lipinski definition) is 3. The van der Waals surface area contributed by atoms with Crippen LogP contribution in [0.5, 0.6) is 0 Å². The van der Waals surface area contributed by atoms with Gasteiger partial charge in [0, 0.05) is 38.8 Å². The van der Waals surface area contributed by atoms with Crippen molar-refractivity contribution in [3.8, 4) is 0 Å². The van der Waals surface area contributed by atoms with Crippen LogP contribution in [0.25, 0.3) is 0 Å². The van der Waals surface area contributed by atoms with Crippen LogP contribution in [0.2, 0.25) is 0 Å². The molecule has 1 aromatic rings. The van der Waals surface area contributed by atoms with Gasteiger partial charge in [-0.15, -0.1) is 0 Å². The van der Waals surface area contributed by atoms with E-state index in [2.05, 4.69) is 48.8 Å². The molecule has 2 rings (SSSR count). The predicted octanol–water partition coefficient (Wildman–Crippen LogP) is 2.55. The molecule has 1 aromatic carbocycles. The maximum absolute atomic E-state index is 5.73. The molecule has 1 aliphatic rings. The average molecular weight is 289 g/mol. The van der Waals surface area contributed by atoms with Gasteiger partial charge in [0.05, 0.1) is 0 Å². The van der Waals surface area contributed by atoms with E-state index in [0.29, 0.717) is 6.04 Å². The topological polar surface area (TPSA) is 32.5 Å². The van der Waals surface area contributed by atoms with Crippen molar-refractivity contribution in [3.63, 3.8) is 0 Å². The van der Waals surface area contributed by atoms with Crippen molar-refractivity contribution in [2.75, 3.05) is 32.7 Å². The van der Waals surface area contributed by atoms with E-state index in [4.69, 9.17) is 5.73 Å².